The Morgan fingerprint density at radius 1 is 0.917 bits per heavy atom. The van der Waals surface area contributed by atoms with Crippen LogP contribution in [0.3, 0.4) is 0 Å². The lowest BCUT2D eigenvalue weighted by atomic mass is 9.49. The summed E-state index contributed by atoms with van der Waals surface area (Å²) in [5, 5.41) is 0. The lowest BCUT2D eigenvalue weighted by Crippen LogP contribution is -2.53. The second-order valence-electron chi connectivity index (χ2n) is 10.3. The van der Waals surface area contributed by atoms with Crippen LogP contribution in [0.2, 0.25) is 0 Å². The number of carbonyl (C=O) groups is 1. The first kappa shape index (κ1) is 15.7. The van der Waals surface area contributed by atoms with Gasteiger partial charge in [0.2, 0.25) is 0 Å². The third-order valence-electron chi connectivity index (χ3n) is 8.64. The topological polar surface area (TPSA) is 26.3 Å². The molecule has 0 heterocycles. The van der Waals surface area contributed by atoms with E-state index in [0.717, 1.165) is 49.4 Å². The van der Waals surface area contributed by atoms with Crippen LogP contribution < -0.4 is 0 Å². The predicted molar refractivity (Wildman–Crippen MR) is 94.4 cm³/mol. The summed E-state index contributed by atoms with van der Waals surface area (Å²) >= 11 is 0. The second-order valence-corrected chi connectivity index (χ2v) is 10.3. The molecule has 24 heavy (non-hydrogen) atoms. The summed E-state index contributed by atoms with van der Waals surface area (Å²) in [6.07, 6.45) is 16.4. The molecular formula is C22H34O2. The molecule has 0 aliphatic heterocycles. The van der Waals surface area contributed by atoms with E-state index in [1.54, 1.807) is 0 Å². The molecule has 0 aromatic carbocycles. The van der Waals surface area contributed by atoms with Gasteiger partial charge in [-0.05, 0) is 107 Å². The van der Waals surface area contributed by atoms with Crippen molar-refractivity contribution < 1.29 is 9.53 Å². The molecule has 0 aromatic heterocycles. The van der Waals surface area contributed by atoms with E-state index in [0.29, 0.717) is 5.92 Å². The minimum atomic E-state index is -0.0736. The van der Waals surface area contributed by atoms with Gasteiger partial charge in [0, 0.05) is 0 Å². The Labute approximate surface area is 147 Å². The van der Waals surface area contributed by atoms with Crippen molar-refractivity contribution in [3.05, 3.63) is 0 Å². The van der Waals surface area contributed by atoms with Crippen LogP contribution in [0, 0.1) is 35.0 Å². The fourth-order valence-electron chi connectivity index (χ4n) is 8.01. The highest BCUT2D eigenvalue weighted by Gasteiger charge is 2.59. The highest BCUT2D eigenvalue weighted by molar-refractivity contribution is 5.78. The zero-order valence-electron chi connectivity index (χ0n) is 15.4. The quantitative estimate of drug-likeness (QED) is 0.623. The molecule has 0 aromatic rings. The maximum absolute atomic E-state index is 13.5. The molecule has 0 amide bonds. The molecule has 0 spiro atoms. The molecule has 2 nitrogen and oxygen atoms in total. The average molecular weight is 331 g/mol. The summed E-state index contributed by atoms with van der Waals surface area (Å²) in [4.78, 5) is 13.5. The van der Waals surface area contributed by atoms with Gasteiger partial charge in [0.1, 0.15) is 5.60 Å². The molecule has 2 heteroatoms. The Kier molecular flexibility index (Phi) is 3.59. The van der Waals surface area contributed by atoms with Gasteiger partial charge >= 0.3 is 5.97 Å². The van der Waals surface area contributed by atoms with E-state index in [9.17, 15) is 4.79 Å². The maximum atomic E-state index is 13.5. The van der Waals surface area contributed by atoms with Gasteiger partial charge in [0.15, 0.2) is 0 Å². The van der Waals surface area contributed by atoms with Gasteiger partial charge < -0.3 is 4.74 Å². The Bertz CT molecular complexity index is 489. The van der Waals surface area contributed by atoms with Crippen LogP contribution in [-0.2, 0) is 9.53 Å². The van der Waals surface area contributed by atoms with Crippen molar-refractivity contribution in [1.29, 1.82) is 0 Å². The van der Waals surface area contributed by atoms with E-state index < -0.39 is 0 Å². The number of carbonyl (C=O) groups excluding carboxylic acids is 1. The molecule has 134 valence electrons. The summed E-state index contributed by atoms with van der Waals surface area (Å²) < 4.78 is 6.58. The molecule has 0 N–H and O–H groups in total. The molecule has 6 rings (SSSR count). The Morgan fingerprint density at radius 2 is 1.58 bits per heavy atom. The van der Waals surface area contributed by atoms with Crippen LogP contribution in [-0.4, -0.2) is 11.6 Å². The summed E-state index contributed by atoms with van der Waals surface area (Å²) in [7, 11) is 0. The molecule has 6 saturated carbocycles. The van der Waals surface area contributed by atoms with Gasteiger partial charge in [0.25, 0.3) is 0 Å². The molecule has 6 fully saturated rings. The lowest BCUT2D eigenvalue weighted by molar-refractivity contribution is -0.193. The molecule has 0 saturated heterocycles. The van der Waals surface area contributed by atoms with E-state index in [4.69, 9.17) is 4.74 Å². The van der Waals surface area contributed by atoms with Gasteiger partial charge in [0.05, 0.1) is 5.41 Å². The fraction of sp³-hybridized carbons (Fsp3) is 0.955. The average Bonchev–Trinajstić information content (AvgIpc) is 3.13. The van der Waals surface area contributed by atoms with Crippen molar-refractivity contribution in [2.45, 2.75) is 96.0 Å². The number of fused-ring (bicyclic) bond motifs is 2. The van der Waals surface area contributed by atoms with Gasteiger partial charge in [-0.2, -0.15) is 0 Å². The third-order valence-corrected chi connectivity index (χ3v) is 8.64. The summed E-state index contributed by atoms with van der Waals surface area (Å²) in [5.74, 6) is 4.24. The smallest absolute Gasteiger partial charge is 0.312 e. The lowest BCUT2D eigenvalue weighted by Gasteiger charge is -2.56. The van der Waals surface area contributed by atoms with Crippen LogP contribution in [0.4, 0.5) is 0 Å². The Hall–Kier alpha value is -0.530. The third kappa shape index (κ3) is 2.31. The van der Waals surface area contributed by atoms with Gasteiger partial charge in [-0.25, -0.2) is 0 Å². The molecule has 6 aliphatic carbocycles. The fourth-order valence-corrected chi connectivity index (χ4v) is 8.01. The van der Waals surface area contributed by atoms with E-state index in [2.05, 4.69) is 6.92 Å². The highest BCUT2D eigenvalue weighted by Crippen LogP contribution is 2.62. The van der Waals surface area contributed by atoms with Gasteiger partial charge in [-0.15, -0.1) is 0 Å². The number of hydrogen-bond donors (Lipinski definition) is 0. The van der Waals surface area contributed by atoms with Crippen molar-refractivity contribution in [3.8, 4) is 0 Å². The van der Waals surface area contributed by atoms with E-state index in [1.165, 1.54) is 57.8 Å². The number of ether oxygens (including phenoxy) is 1. The van der Waals surface area contributed by atoms with E-state index in [1.807, 2.05) is 0 Å². The van der Waals surface area contributed by atoms with Crippen molar-refractivity contribution >= 4 is 5.97 Å². The van der Waals surface area contributed by atoms with Crippen LogP contribution in [0.15, 0.2) is 0 Å². The predicted octanol–water partition coefficient (Wildman–Crippen LogP) is 5.50. The minimum Gasteiger partial charge on any atom is -0.458 e. The van der Waals surface area contributed by atoms with Crippen molar-refractivity contribution in [1.82, 2.24) is 0 Å². The highest BCUT2D eigenvalue weighted by atomic mass is 16.6. The molecule has 6 aliphatic rings. The van der Waals surface area contributed by atoms with Crippen LogP contribution >= 0.6 is 0 Å². The maximum Gasteiger partial charge on any atom is 0.312 e. The van der Waals surface area contributed by atoms with Crippen molar-refractivity contribution in [2.75, 3.05) is 0 Å². The normalized spacial score (nSPS) is 51.3. The van der Waals surface area contributed by atoms with E-state index >= 15 is 0 Å². The number of esters is 1. The molecule has 3 atom stereocenters. The van der Waals surface area contributed by atoms with Gasteiger partial charge in [-0.3, -0.25) is 4.79 Å². The molecule has 0 radical (unpaired) electrons. The van der Waals surface area contributed by atoms with Crippen LogP contribution in [0.5, 0.6) is 0 Å². The first-order valence-corrected chi connectivity index (χ1v) is 10.8. The molecule has 6 bridgehead atoms. The van der Waals surface area contributed by atoms with Crippen LogP contribution in [0.1, 0.15) is 90.4 Å². The molecular weight excluding hydrogens is 296 g/mol. The van der Waals surface area contributed by atoms with E-state index in [-0.39, 0.29) is 17.0 Å². The Balaban J connectivity index is 1.37. The number of rotatable bonds is 5. The standard InChI is InChI=1S/C22H34O2/c1-2-3-6-22(14-15-4-5-19(22)10-15)24-20(23)21-11-16-7-17(12-21)9-18(8-16)13-21/h15-19H,2-14H2,1H3/t15-,16?,17?,18?,19+,21?,22-/m1/s1. The Morgan fingerprint density at radius 3 is 2.08 bits per heavy atom. The zero-order chi connectivity index (χ0) is 16.4. The summed E-state index contributed by atoms with van der Waals surface area (Å²) in [5.41, 5.74) is -0.144. The number of unbranched alkanes of at least 4 members (excludes halogenated alkanes) is 1. The molecule has 0 unspecified atom stereocenters. The SMILES string of the molecule is CCCC[C@@]1(OC(=O)C23CC4CC(CC(C4)C2)C3)C[C@@H]2CC[C@H]1C2. The monoisotopic (exact) mass is 330 g/mol. The first-order valence-electron chi connectivity index (χ1n) is 10.8. The number of hydrogen-bond acceptors (Lipinski definition) is 2. The minimum absolute atomic E-state index is 0.0701. The van der Waals surface area contributed by atoms with Gasteiger partial charge in [-0.1, -0.05) is 13.3 Å². The zero-order valence-corrected chi connectivity index (χ0v) is 15.4. The summed E-state index contributed by atoms with van der Waals surface area (Å²) in [6, 6.07) is 0. The first-order chi connectivity index (χ1) is 11.6. The largest absolute Gasteiger partial charge is 0.458 e. The van der Waals surface area contributed by atoms with Crippen molar-refractivity contribution in [3.63, 3.8) is 0 Å². The van der Waals surface area contributed by atoms with Crippen molar-refractivity contribution in [2.24, 2.45) is 35.0 Å². The van der Waals surface area contributed by atoms with Crippen LogP contribution in [0.25, 0.3) is 0 Å². The second kappa shape index (κ2) is 5.48. The summed E-state index contributed by atoms with van der Waals surface area (Å²) in [6.45, 7) is 2.27.